The topological polar surface area (TPSA) is 86.8 Å². The minimum atomic E-state index is -0.380. The number of hydrogen-bond donors (Lipinski definition) is 2. The maximum Gasteiger partial charge on any atom is 0.319 e. The van der Waals surface area contributed by atoms with Crippen molar-refractivity contribution in [1.82, 2.24) is 20.1 Å². The number of nitrogens with one attached hydrogen (secondary N) is 2. The molecule has 3 aromatic rings. The Hall–Kier alpha value is -3.62. The molecule has 0 aliphatic carbocycles. The average Bonchev–Trinajstić information content (AvgIpc) is 2.90. The number of benzene rings is 2. The summed E-state index contributed by atoms with van der Waals surface area (Å²) < 4.78 is 6.00. The van der Waals surface area contributed by atoms with Crippen molar-refractivity contribution in [3.05, 3.63) is 89.1 Å². The molecule has 4 rings (SSSR count). The van der Waals surface area contributed by atoms with E-state index in [-0.39, 0.29) is 24.0 Å². The molecule has 0 spiro atoms. The lowest BCUT2D eigenvalue weighted by atomic mass is 9.98. The second kappa shape index (κ2) is 12.6. The number of pyridine rings is 1. The third-order valence-corrected chi connectivity index (χ3v) is 6.52. The first-order valence-electron chi connectivity index (χ1n) is 12.3. The molecule has 194 valence electrons. The van der Waals surface area contributed by atoms with E-state index in [1.165, 1.54) is 5.56 Å². The molecule has 37 heavy (non-hydrogen) atoms. The average molecular weight is 522 g/mol. The Morgan fingerprint density at radius 2 is 1.76 bits per heavy atom. The number of ether oxygens (including phenoxy) is 1. The van der Waals surface area contributed by atoms with Gasteiger partial charge < -0.3 is 25.2 Å². The molecule has 2 N–H and O–H groups in total. The first-order valence-corrected chi connectivity index (χ1v) is 12.7. The number of carbonyl (C=O) groups excluding carboxylic acids is 2. The smallest absolute Gasteiger partial charge is 0.319 e. The fourth-order valence-corrected chi connectivity index (χ4v) is 4.42. The highest BCUT2D eigenvalue weighted by atomic mass is 35.5. The summed E-state index contributed by atoms with van der Waals surface area (Å²) in [5.41, 5.74) is 2.11. The number of halogens is 1. The number of rotatable bonds is 10. The van der Waals surface area contributed by atoms with Gasteiger partial charge in [0.05, 0.1) is 25.2 Å². The van der Waals surface area contributed by atoms with Crippen LogP contribution in [0.15, 0.2) is 72.9 Å². The molecule has 1 unspecified atom stereocenters. The van der Waals surface area contributed by atoms with Gasteiger partial charge in [0.1, 0.15) is 17.7 Å². The molecule has 1 atom stereocenters. The summed E-state index contributed by atoms with van der Waals surface area (Å²) in [6, 6.07) is 21.0. The van der Waals surface area contributed by atoms with Crippen molar-refractivity contribution in [1.29, 1.82) is 0 Å². The van der Waals surface area contributed by atoms with Gasteiger partial charge in [-0.1, -0.05) is 54.1 Å². The highest BCUT2D eigenvalue weighted by molar-refractivity contribution is 6.30. The molecule has 0 bridgehead atoms. The fraction of sp³-hybridized carbons (Fsp3) is 0.321. The van der Waals surface area contributed by atoms with Crippen molar-refractivity contribution in [3.63, 3.8) is 0 Å². The van der Waals surface area contributed by atoms with Crippen LogP contribution < -0.4 is 15.4 Å². The van der Waals surface area contributed by atoms with E-state index in [9.17, 15) is 9.59 Å². The zero-order valence-electron chi connectivity index (χ0n) is 21.1. The lowest BCUT2D eigenvalue weighted by Crippen LogP contribution is -2.54. The molecule has 9 heteroatoms. The first-order chi connectivity index (χ1) is 17.9. The quantitative estimate of drug-likeness (QED) is 0.393. The molecule has 0 saturated carbocycles. The Bertz CT molecular complexity index is 1160. The third kappa shape index (κ3) is 7.44. The van der Waals surface area contributed by atoms with Gasteiger partial charge in [-0.05, 0) is 48.4 Å². The number of anilines is 1. The van der Waals surface area contributed by atoms with Gasteiger partial charge in [0.15, 0.2) is 0 Å². The number of aromatic nitrogens is 1. The molecular weight excluding hydrogens is 490 g/mol. The van der Waals surface area contributed by atoms with Crippen LogP contribution in [0.2, 0.25) is 5.02 Å². The molecule has 1 saturated heterocycles. The second-order valence-corrected chi connectivity index (χ2v) is 9.63. The Balaban J connectivity index is 1.33. The van der Waals surface area contributed by atoms with Gasteiger partial charge in [0.25, 0.3) is 0 Å². The number of urea groups is 1. The van der Waals surface area contributed by atoms with Crippen molar-refractivity contribution in [2.45, 2.75) is 18.4 Å². The van der Waals surface area contributed by atoms with E-state index in [1.807, 2.05) is 54.6 Å². The normalized spacial score (nSPS) is 14.9. The Morgan fingerprint density at radius 3 is 2.41 bits per heavy atom. The SMILES string of the molecule is CN1CC(Oc2ccc(NC(=O)C(CNCCc3ccc(Cl)cc3)c3ccccc3)nc2)CN(C)C1=O. The fourth-order valence-electron chi connectivity index (χ4n) is 4.30. The van der Waals surface area contributed by atoms with Gasteiger partial charge in [-0.2, -0.15) is 0 Å². The minimum Gasteiger partial charge on any atom is -0.485 e. The summed E-state index contributed by atoms with van der Waals surface area (Å²) in [6.45, 7) is 2.24. The molecule has 1 fully saturated rings. The lowest BCUT2D eigenvalue weighted by molar-refractivity contribution is -0.117. The summed E-state index contributed by atoms with van der Waals surface area (Å²) in [5, 5.41) is 7.07. The predicted octanol–water partition coefficient (Wildman–Crippen LogP) is 4.03. The van der Waals surface area contributed by atoms with Crippen LogP contribution in [-0.2, 0) is 11.2 Å². The van der Waals surface area contributed by atoms with E-state index in [2.05, 4.69) is 15.6 Å². The molecule has 2 heterocycles. The lowest BCUT2D eigenvalue weighted by Gasteiger charge is -2.36. The molecule has 1 aliphatic heterocycles. The minimum absolute atomic E-state index is 0.0246. The third-order valence-electron chi connectivity index (χ3n) is 6.27. The molecule has 1 aliphatic rings. The number of carbonyl (C=O) groups is 2. The van der Waals surface area contributed by atoms with Crippen LogP contribution >= 0.6 is 11.6 Å². The summed E-state index contributed by atoms with van der Waals surface area (Å²) in [5.74, 6) is 0.519. The molecule has 0 radical (unpaired) electrons. The van der Waals surface area contributed by atoms with Crippen LogP contribution in [0, 0.1) is 0 Å². The zero-order valence-corrected chi connectivity index (χ0v) is 21.8. The summed E-state index contributed by atoms with van der Waals surface area (Å²) in [6.07, 6.45) is 2.27. The van der Waals surface area contributed by atoms with Crippen molar-refractivity contribution < 1.29 is 14.3 Å². The van der Waals surface area contributed by atoms with Crippen LogP contribution in [0.1, 0.15) is 17.0 Å². The molecule has 3 amide bonds. The van der Waals surface area contributed by atoms with Gasteiger partial charge in [-0.3, -0.25) is 4.79 Å². The maximum atomic E-state index is 13.2. The zero-order chi connectivity index (χ0) is 26.2. The molecular formula is C28H32ClN5O3. The summed E-state index contributed by atoms with van der Waals surface area (Å²) in [7, 11) is 3.50. The van der Waals surface area contributed by atoms with E-state index >= 15 is 0 Å². The number of amides is 3. The van der Waals surface area contributed by atoms with Crippen LogP contribution in [0.4, 0.5) is 10.6 Å². The van der Waals surface area contributed by atoms with Crippen LogP contribution in [0.25, 0.3) is 0 Å². The first kappa shape index (κ1) is 26.4. The van der Waals surface area contributed by atoms with Gasteiger partial charge in [-0.25, -0.2) is 9.78 Å². The van der Waals surface area contributed by atoms with E-state index in [0.29, 0.717) is 31.2 Å². The highest BCUT2D eigenvalue weighted by Crippen LogP contribution is 2.20. The number of likely N-dealkylation sites (N-methyl/N-ethyl adjacent to an activating group) is 2. The van der Waals surface area contributed by atoms with E-state index in [0.717, 1.165) is 23.6 Å². The second-order valence-electron chi connectivity index (χ2n) is 9.20. The maximum absolute atomic E-state index is 13.2. The van der Waals surface area contributed by atoms with Gasteiger partial charge in [-0.15, -0.1) is 0 Å². The largest absolute Gasteiger partial charge is 0.485 e. The van der Waals surface area contributed by atoms with Crippen molar-refractivity contribution in [2.75, 3.05) is 45.6 Å². The molecule has 2 aromatic carbocycles. The Morgan fingerprint density at radius 1 is 1.05 bits per heavy atom. The summed E-state index contributed by atoms with van der Waals surface area (Å²) >= 11 is 5.96. The van der Waals surface area contributed by atoms with Gasteiger partial charge >= 0.3 is 6.03 Å². The molecule has 1 aromatic heterocycles. The van der Waals surface area contributed by atoms with Crippen LogP contribution in [-0.4, -0.2) is 73.1 Å². The monoisotopic (exact) mass is 521 g/mol. The summed E-state index contributed by atoms with van der Waals surface area (Å²) in [4.78, 5) is 32.8. The van der Waals surface area contributed by atoms with Crippen LogP contribution in [0.3, 0.4) is 0 Å². The number of hydrogen-bond acceptors (Lipinski definition) is 5. The van der Waals surface area contributed by atoms with E-state index < -0.39 is 0 Å². The van der Waals surface area contributed by atoms with Crippen LogP contribution in [0.5, 0.6) is 5.75 Å². The standard InChI is InChI=1S/C28H32ClN5O3/c1-33-18-24(19-34(2)28(33)36)37-23-12-13-26(31-16-23)32-27(35)25(21-6-4-3-5-7-21)17-30-15-14-20-8-10-22(29)11-9-20/h3-13,16,24-25,30H,14-15,17-19H2,1-2H3,(H,31,32,35). The van der Waals surface area contributed by atoms with Crippen molar-refractivity contribution in [3.8, 4) is 5.75 Å². The number of nitrogens with zero attached hydrogens (tertiary/aromatic N) is 3. The molecule has 8 nitrogen and oxygen atoms in total. The van der Waals surface area contributed by atoms with E-state index in [1.54, 1.807) is 42.2 Å². The van der Waals surface area contributed by atoms with Crippen molar-refractivity contribution >= 4 is 29.4 Å². The highest BCUT2D eigenvalue weighted by Gasteiger charge is 2.28. The van der Waals surface area contributed by atoms with Crippen molar-refractivity contribution in [2.24, 2.45) is 0 Å². The van der Waals surface area contributed by atoms with E-state index in [4.69, 9.17) is 16.3 Å². The Labute approximate surface area is 222 Å². The Kier molecular flexibility index (Phi) is 8.98. The predicted molar refractivity (Wildman–Crippen MR) is 145 cm³/mol. The van der Waals surface area contributed by atoms with Gasteiger partial charge in [0.2, 0.25) is 5.91 Å². The van der Waals surface area contributed by atoms with Gasteiger partial charge in [0, 0.05) is 25.7 Å².